The summed E-state index contributed by atoms with van der Waals surface area (Å²) >= 11 is 1.73. The Labute approximate surface area is 121 Å². The van der Waals surface area contributed by atoms with Crippen LogP contribution in [0.4, 0.5) is 0 Å². The molecule has 1 aromatic heterocycles. The van der Waals surface area contributed by atoms with Crippen LogP contribution in [-0.4, -0.2) is 16.1 Å². The Morgan fingerprint density at radius 2 is 2.20 bits per heavy atom. The Hall–Kier alpha value is -1.68. The van der Waals surface area contributed by atoms with Gasteiger partial charge in [0.1, 0.15) is 5.01 Å². The Balaban J connectivity index is 1.71. The van der Waals surface area contributed by atoms with Crippen molar-refractivity contribution in [2.24, 2.45) is 0 Å². The van der Waals surface area contributed by atoms with E-state index in [0.29, 0.717) is 5.92 Å². The molecule has 2 unspecified atom stereocenters. The van der Waals surface area contributed by atoms with Gasteiger partial charge in [-0.15, -0.1) is 11.3 Å². The quantitative estimate of drug-likeness (QED) is 0.920. The molecule has 4 heteroatoms. The van der Waals surface area contributed by atoms with Crippen LogP contribution in [0, 0.1) is 0 Å². The Morgan fingerprint density at radius 1 is 1.35 bits per heavy atom. The van der Waals surface area contributed by atoms with E-state index in [1.54, 1.807) is 11.3 Å². The van der Waals surface area contributed by atoms with Crippen LogP contribution < -0.4 is 0 Å². The molecule has 2 aliphatic carbocycles. The summed E-state index contributed by atoms with van der Waals surface area (Å²) in [5.74, 6) is -0.730. The minimum atomic E-state index is -0.725. The molecular formula is C16H15NO2S. The minimum absolute atomic E-state index is 0.385. The van der Waals surface area contributed by atoms with E-state index >= 15 is 0 Å². The predicted octanol–water partition coefficient (Wildman–Crippen LogP) is 3.34. The fourth-order valence-electron chi connectivity index (χ4n) is 3.31. The molecular weight excluding hydrogens is 270 g/mol. The number of fused-ring (bicyclic) bond motifs is 2. The smallest absolute Gasteiger partial charge is 0.312 e. The molecule has 2 aliphatic rings. The van der Waals surface area contributed by atoms with Crippen molar-refractivity contribution in [2.75, 3.05) is 0 Å². The van der Waals surface area contributed by atoms with Gasteiger partial charge in [0.05, 0.1) is 11.6 Å². The number of thiazole rings is 1. The molecule has 2 aromatic rings. The van der Waals surface area contributed by atoms with Crippen LogP contribution in [0.2, 0.25) is 0 Å². The van der Waals surface area contributed by atoms with Gasteiger partial charge in [-0.25, -0.2) is 4.98 Å². The molecule has 0 radical (unpaired) electrons. The highest BCUT2D eigenvalue weighted by Crippen LogP contribution is 2.44. The molecule has 0 aliphatic heterocycles. The van der Waals surface area contributed by atoms with Crippen molar-refractivity contribution in [2.45, 2.75) is 37.5 Å². The molecule has 0 spiro atoms. The Kier molecular flexibility index (Phi) is 2.67. The SMILES string of the molecule is O=C(O)C1CCCc2sc(C3Cc4ccccc43)nc21. The molecule has 2 atom stereocenters. The third kappa shape index (κ3) is 1.71. The lowest BCUT2D eigenvalue weighted by atomic mass is 9.78. The lowest BCUT2D eigenvalue weighted by Gasteiger charge is -2.28. The van der Waals surface area contributed by atoms with E-state index in [1.165, 1.54) is 16.0 Å². The third-order valence-electron chi connectivity index (χ3n) is 4.42. The monoisotopic (exact) mass is 285 g/mol. The first-order valence-corrected chi connectivity index (χ1v) is 7.86. The molecule has 1 N–H and O–H groups in total. The lowest BCUT2D eigenvalue weighted by molar-refractivity contribution is -0.139. The number of benzene rings is 1. The Morgan fingerprint density at radius 3 is 3.00 bits per heavy atom. The van der Waals surface area contributed by atoms with Crippen molar-refractivity contribution in [1.82, 2.24) is 4.98 Å². The van der Waals surface area contributed by atoms with Crippen LogP contribution in [0.25, 0.3) is 0 Å². The van der Waals surface area contributed by atoms with Crippen LogP contribution >= 0.6 is 11.3 Å². The summed E-state index contributed by atoms with van der Waals surface area (Å²) in [6, 6.07) is 8.47. The van der Waals surface area contributed by atoms with Gasteiger partial charge >= 0.3 is 5.97 Å². The van der Waals surface area contributed by atoms with E-state index in [2.05, 4.69) is 24.3 Å². The van der Waals surface area contributed by atoms with Crippen molar-refractivity contribution in [3.8, 4) is 0 Å². The van der Waals surface area contributed by atoms with Crippen LogP contribution in [0.3, 0.4) is 0 Å². The number of carboxylic acid groups (broad SMARTS) is 1. The Bertz CT molecular complexity index is 692. The zero-order chi connectivity index (χ0) is 13.7. The molecule has 0 fully saturated rings. The molecule has 1 aromatic carbocycles. The first-order chi connectivity index (χ1) is 9.74. The largest absolute Gasteiger partial charge is 0.481 e. The van der Waals surface area contributed by atoms with E-state index < -0.39 is 5.97 Å². The van der Waals surface area contributed by atoms with Gasteiger partial charge in [0.15, 0.2) is 0 Å². The number of hydrogen-bond donors (Lipinski definition) is 1. The number of aromatic nitrogens is 1. The molecule has 0 bridgehead atoms. The van der Waals surface area contributed by atoms with E-state index in [1.807, 2.05) is 0 Å². The number of nitrogens with zero attached hydrogens (tertiary/aromatic N) is 1. The summed E-state index contributed by atoms with van der Waals surface area (Å²) < 4.78 is 0. The van der Waals surface area contributed by atoms with Gasteiger partial charge in [0.25, 0.3) is 0 Å². The summed E-state index contributed by atoms with van der Waals surface area (Å²) in [6.07, 6.45) is 3.73. The normalized spacial score (nSPS) is 23.6. The standard InChI is InChI=1S/C16H15NO2S/c18-16(19)11-6-3-7-13-14(11)17-15(20-13)12-8-9-4-1-2-5-10(9)12/h1-2,4-5,11-12H,3,6-8H2,(H,18,19). The molecule has 0 saturated heterocycles. The highest BCUT2D eigenvalue weighted by atomic mass is 32.1. The first kappa shape index (κ1) is 12.1. The average molecular weight is 285 g/mol. The van der Waals surface area contributed by atoms with Crippen LogP contribution in [0.1, 0.15) is 51.4 Å². The fourth-order valence-corrected chi connectivity index (χ4v) is 4.59. The van der Waals surface area contributed by atoms with Gasteiger partial charge in [-0.1, -0.05) is 24.3 Å². The second-order valence-corrected chi connectivity index (χ2v) is 6.71. The van der Waals surface area contributed by atoms with E-state index in [9.17, 15) is 9.90 Å². The summed E-state index contributed by atoms with van der Waals surface area (Å²) in [7, 11) is 0. The number of carboxylic acids is 1. The lowest BCUT2D eigenvalue weighted by Crippen LogP contribution is -2.19. The van der Waals surface area contributed by atoms with Crippen molar-refractivity contribution < 1.29 is 9.90 Å². The highest BCUT2D eigenvalue weighted by Gasteiger charge is 2.34. The topological polar surface area (TPSA) is 50.2 Å². The zero-order valence-corrected chi connectivity index (χ0v) is 11.8. The zero-order valence-electron chi connectivity index (χ0n) is 11.0. The van der Waals surface area contributed by atoms with Gasteiger partial charge < -0.3 is 5.11 Å². The van der Waals surface area contributed by atoms with Crippen LogP contribution in [-0.2, 0) is 17.6 Å². The van der Waals surface area contributed by atoms with Crippen molar-refractivity contribution in [1.29, 1.82) is 0 Å². The molecule has 1 heterocycles. The van der Waals surface area contributed by atoms with Crippen LogP contribution in [0.5, 0.6) is 0 Å². The van der Waals surface area contributed by atoms with E-state index in [0.717, 1.165) is 36.4 Å². The maximum absolute atomic E-state index is 11.3. The second kappa shape index (κ2) is 4.42. The number of carbonyl (C=O) groups is 1. The summed E-state index contributed by atoms with van der Waals surface area (Å²) in [5.41, 5.74) is 3.61. The highest BCUT2D eigenvalue weighted by molar-refractivity contribution is 7.11. The van der Waals surface area contributed by atoms with Gasteiger partial charge in [-0.05, 0) is 36.8 Å². The number of hydrogen-bond acceptors (Lipinski definition) is 3. The maximum atomic E-state index is 11.3. The molecule has 102 valence electrons. The molecule has 3 nitrogen and oxygen atoms in total. The second-order valence-electron chi connectivity index (χ2n) is 5.60. The summed E-state index contributed by atoms with van der Waals surface area (Å²) in [4.78, 5) is 17.3. The fraction of sp³-hybridized carbons (Fsp3) is 0.375. The molecule has 0 amide bonds. The van der Waals surface area contributed by atoms with Crippen LogP contribution in [0.15, 0.2) is 24.3 Å². The molecule has 20 heavy (non-hydrogen) atoms. The van der Waals surface area contributed by atoms with Crippen molar-refractivity contribution in [3.63, 3.8) is 0 Å². The number of aliphatic carboxylic acids is 1. The maximum Gasteiger partial charge on any atom is 0.312 e. The minimum Gasteiger partial charge on any atom is -0.481 e. The predicted molar refractivity (Wildman–Crippen MR) is 77.4 cm³/mol. The molecule has 4 rings (SSSR count). The van der Waals surface area contributed by atoms with Crippen molar-refractivity contribution in [3.05, 3.63) is 51.0 Å². The van der Waals surface area contributed by atoms with E-state index in [-0.39, 0.29) is 5.92 Å². The molecule has 0 saturated carbocycles. The van der Waals surface area contributed by atoms with Gasteiger partial charge in [-0.2, -0.15) is 0 Å². The van der Waals surface area contributed by atoms with Gasteiger partial charge in [0.2, 0.25) is 0 Å². The number of rotatable bonds is 2. The third-order valence-corrected chi connectivity index (χ3v) is 5.67. The summed E-state index contributed by atoms with van der Waals surface area (Å²) in [6.45, 7) is 0. The van der Waals surface area contributed by atoms with Gasteiger partial charge in [0, 0.05) is 10.8 Å². The van der Waals surface area contributed by atoms with E-state index in [4.69, 9.17) is 4.98 Å². The first-order valence-electron chi connectivity index (χ1n) is 7.04. The van der Waals surface area contributed by atoms with Crippen molar-refractivity contribution >= 4 is 17.3 Å². The average Bonchev–Trinajstić information content (AvgIpc) is 2.82. The van der Waals surface area contributed by atoms with Gasteiger partial charge in [-0.3, -0.25) is 4.79 Å². The number of aryl methyl sites for hydroxylation is 1. The summed E-state index contributed by atoms with van der Waals surface area (Å²) in [5, 5.41) is 10.4.